The van der Waals surface area contributed by atoms with Gasteiger partial charge in [-0.25, -0.2) is 0 Å². The van der Waals surface area contributed by atoms with Crippen LogP contribution in [0.1, 0.15) is 51.2 Å². The molecule has 1 atom stereocenters. The number of hydrogen-bond donors (Lipinski definition) is 1. The van der Waals surface area contributed by atoms with Crippen LogP contribution in [0.3, 0.4) is 0 Å². The van der Waals surface area contributed by atoms with E-state index in [9.17, 15) is 0 Å². The molecule has 1 heterocycles. The van der Waals surface area contributed by atoms with E-state index in [-0.39, 0.29) is 11.6 Å². The molecule has 1 aliphatic heterocycles. The second-order valence-corrected chi connectivity index (χ2v) is 6.66. The highest BCUT2D eigenvalue weighted by Gasteiger charge is 2.27. The Balaban J connectivity index is 1.58. The third kappa shape index (κ3) is 3.33. The average molecular weight is 275 g/mol. The number of morpholine rings is 1. The first kappa shape index (κ1) is 13.9. The standard InChI is InChI=1S/C17H25NO2/c1-17(2)12-19-16(11-18-17)13-7-9-15(10-8-13)20-14-5-3-4-6-14/h7-10,14,16,18H,3-6,11-12H2,1-2H3. The zero-order valence-corrected chi connectivity index (χ0v) is 12.5. The zero-order valence-electron chi connectivity index (χ0n) is 12.5. The summed E-state index contributed by atoms with van der Waals surface area (Å²) in [5.74, 6) is 0.991. The topological polar surface area (TPSA) is 30.5 Å². The van der Waals surface area contributed by atoms with E-state index in [2.05, 4.69) is 43.4 Å². The van der Waals surface area contributed by atoms with Crippen LogP contribution in [0.5, 0.6) is 5.75 Å². The summed E-state index contributed by atoms with van der Waals surface area (Å²) in [7, 11) is 0. The molecule has 0 spiro atoms. The monoisotopic (exact) mass is 275 g/mol. The Kier molecular flexibility index (Phi) is 3.99. The van der Waals surface area contributed by atoms with Crippen molar-refractivity contribution >= 4 is 0 Å². The largest absolute Gasteiger partial charge is 0.490 e. The third-order valence-corrected chi connectivity index (χ3v) is 4.27. The Hall–Kier alpha value is -1.06. The summed E-state index contributed by atoms with van der Waals surface area (Å²) in [6, 6.07) is 8.43. The van der Waals surface area contributed by atoms with Gasteiger partial charge < -0.3 is 14.8 Å². The lowest BCUT2D eigenvalue weighted by Crippen LogP contribution is -2.50. The van der Waals surface area contributed by atoms with Crippen LogP contribution in [0.15, 0.2) is 24.3 Å². The van der Waals surface area contributed by atoms with E-state index in [1.54, 1.807) is 0 Å². The van der Waals surface area contributed by atoms with E-state index in [1.807, 2.05) is 0 Å². The molecule has 110 valence electrons. The predicted molar refractivity (Wildman–Crippen MR) is 80.1 cm³/mol. The molecule has 0 aromatic heterocycles. The SMILES string of the molecule is CC1(C)COC(c2ccc(OC3CCCC3)cc2)CN1. The van der Waals surface area contributed by atoms with E-state index in [0.29, 0.717) is 6.10 Å². The van der Waals surface area contributed by atoms with Gasteiger partial charge in [0.1, 0.15) is 5.75 Å². The van der Waals surface area contributed by atoms with Crippen LogP contribution in [0.4, 0.5) is 0 Å². The molecular weight excluding hydrogens is 250 g/mol. The van der Waals surface area contributed by atoms with Crippen molar-refractivity contribution < 1.29 is 9.47 Å². The van der Waals surface area contributed by atoms with Gasteiger partial charge >= 0.3 is 0 Å². The molecular formula is C17H25NO2. The van der Waals surface area contributed by atoms with Gasteiger partial charge in [0.25, 0.3) is 0 Å². The first-order valence-corrected chi connectivity index (χ1v) is 7.76. The number of ether oxygens (including phenoxy) is 2. The van der Waals surface area contributed by atoms with E-state index < -0.39 is 0 Å². The van der Waals surface area contributed by atoms with Crippen molar-refractivity contribution in [2.75, 3.05) is 13.2 Å². The minimum absolute atomic E-state index is 0.0853. The average Bonchev–Trinajstić information content (AvgIpc) is 2.93. The molecule has 1 N–H and O–H groups in total. The summed E-state index contributed by atoms with van der Waals surface area (Å²) < 4.78 is 11.9. The minimum Gasteiger partial charge on any atom is -0.490 e. The maximum Gasteiger partial charge on any atom is 0.119 e. The molecule has 1 unspecified atom stereocenters. The van der Waals surface area contributed by atoms with E-state index in [1.165, 1.54) is 31.2 Å². The Morgan fingerprint density at radius 1 is 1.15 bits per heavy atom. The fourth-order valence-corrected chi connectivity index (χ4v) is 2.96. The van der Waals surface area contributed by atoms with E-state index in [0.717, 1.165) is 18.9 Å². The summed E-state index contributed by atoms with van der Waals surface area (Å²) in [5, 5.41) is 3.52. The van der Waals surface area contributed by atoms with Crippen molar-refractivity contribution in [3.8, 4) is 5.75 Å². The van der Waals surface area contributed by atoms with Crippen molar-refractivity contribution in [1.82, 2.24) is 5.32 Å². The Labute approximate surface area is 121 Å². The lowest BCUT2D eigenvalue weighted by Gasteiger charge is -2.36. The molecule has 3 nitrogen and oxygen atoms in total. The van der Waals surface area contributed by atoms with Gasteiger partial charge in [0.15, 0.2) is 0 Å². The Morgan fingerprint density at radius 3 is 2.45 bits per heavy atom. The Morgan fingerprint density at radius 2 is 1.85 bits per heavy atom. The lowest BCUT2D eigenvalue weighted by molar-refractivity contribution is -0.0229. The van der Waals surface area contributed by atoms with Crippen LogP contribution < -0.4 is 10.1 Å². The minimum atomic E-state index is 0.0853. The molecule has 20 heavy (non-hydrogen) atoms. The van der Waals surface area contributed by atoms with Gasteiger partial charge in [0, 0.05) is 12.1 Å². The highest BCUT2D eigenvalue weighted by molar-refractivity contribution is 5.29. The third-order valence-electron chi connectivity index (χ3n) is 4.27. The summed E-state index contributed by atoms with van der Waals surface area (Å²) >= 11 is 0. The van der Waals surface area contributed by atoms with Crippen LogP contribution in [0.25, 0.3) is 0 Å². The molecule has 1 aliphatic carbocycles. The van der Waals surface area contributed by atoms with Gasteiger partial charge in [-0.3, -0.25) is 0 Å². The number of hydrogen-bond acceptors (Lipinski definition) is 3. The van der Waals surface area contributed by atoms with Gasteiger partial charge in [-0.2, -0.15) is 0 Å². The van der Waals surface area contributed by atoms with Crippen molar-refractivity contribution in [3.63, 3.8) is 0 Å². The van der Waals surface area contributed by atoms with E-state index in [4.69, 9.17) is 9.47 Å². The molecule has 1 aromatic rings. The highest BCUT2D eigenvalue weighted by Crippen LogP contribution is 2.27. The van der Waals surface area contributed by atoms with Crippen molar-refractivity contribution in [2.24, 2.45) is 0 Å². The predicted octanol–water partition coefficient (Wildman–Crippen LogP) is 3.45. The lowest BCUT2D eigenvalue weighted by atomic mass is 10.0. The van der Waals surface area contributed by atoms with Crippen LogP contribution in [0.2, 0.25) is 0 Å². The molecule has 0 amide bonds. The van der Waals surface area contributed by atoms with Gasteiger partial charge in [0.2, 0.25) is 0 Å². The molecule has 2 aliphatic rings. The summed E-state index contributed by atoms with van der Waals surface area (Å²) in [6.07, 6.45) is 5.59. The summed E-state index contributed by atoms with van der Waals surface area (Å²) in [6.45, 7) is 5.96. The summed E-state index contributed by atoms with van der Waals surface area (Å²) in [4.78, 5) is 0. The highest BCUT2D eigenvalue weighted by atomic mass is 16.5. The molecule has 2 fully saturated rings. The van der Waals surface area contributed by atoms with Crippen LogP contribution in [0, 0.1) is 0 Å². The maximum absolute atomic E-state index is 5.99. The fourth-order valence-electron chi connectivity index (χ4n) is 2.96. The first-order valence-electron chi connectivity index (χ1n) is 7.76. The van der Waals surface area contributed by atoms with Crippen molar-refractivity contribution in [2.45, 2.75) is 57.3 Å². The van der Waals surface area contributed by atoms with Crippen LogP contribution >= 0.6 is 0 Å². The first-order chi connectivity index (χ1) is 9.62. The normalized spacial score (nSPS) is 26.6. The van der Waals surface area contributed by atoms with Crippen LogP contribution in [-0.2, 0) is 4.74 Å². The fraction of sp³-hybridized carbons (Fsp3) is 0.647. The molecule has 0 radical (unpaired) electrons. The van der Waals surface area contributed by atoms with Crippen molar-refractivity contribution in [1.29, 1.82) is 0 Å². The quantitative estimate of drug-likeness (QED) is 0.916. The molecule has 1 aromatic carbocycles. The Bertz CT molecular complexity index is 425. The second kappa shape index (κ2) is 5.74. The zero-order chi connectivity index (χ0) is 14.0. The van der Waals surface area contributed by atoms with E-state index >= 15 is 0 Å². The number of benzene rings is 1. The smallest absolute Gasteiger partial charge is 0.119 e. The maximum atomic E-state index is 5.99. The van der Waals surface area contributed by atoms with Gasteiger partial charge in [-0.05, 0) is 57.2 Å². The summed E-state index contributed by atoms with van der Waals surface area (Å²) in [5.41, 5.74) is 1.31. The molecule has 3 rings (SSSR count). The van der Waals surface area contributed by atoms with Crippen LogP contribution in [-0.4, -0.2) is 24.8 Å². The van der Waals surface area contributed by atoms with Gasteiger partial charge in [-0.15, -0.1) is 0 Å². The van der Waals surface area contributed by atoms with Gasteiger partial charge in [0.05, 0.1) is 18.8 Å². The molecule has 0 bridgehead atoms. The number of rotatable bonds is 3. The molecule has 3 heteroatoms. The molecule has 1 saturated heterocycles. The number of nitrogens with one attached hydrogen (secondary N) is 1. The second-order valence-electron chi connectivity index (χ2n) is 6.66. The van der Waals surface area contributed by atoms with Gasteiger partial charge in [-0.1, -0.05) is 12.1 Å². The van der Waals surface area contributed by atoms with Crippen molar-refractivity contribution in [3.05, 3.63) is 29.8 Å². The molecule has 1 saturated carbocycles.